The van der Waals surface area contributed by atoms with Gasteiger partial charge in [0.05, 0.1) is 6.61 Å². The summed E-state index contributed by atoms with van der Waals surface area (Å²) >= 11 is 0. The zero-order valence-corrected chi connectivity index (χ0v) is 10.1. The van der Waals surface area contributed by atoms with Crippen molar-refractivity contribution in [1.82, 2.24) is 5.32 Å². The minimum atomic E-state index is -0.280. The third kappa shape index (κ3) is 2.96. The van der Waals surface area contributed by atoms with E-state index < -0.39 is 0 Å². The Morgan fingerprint density at radius 1 is 1.44 bits per heavy atom. The van der Waals surface area contributed by atoms with Crippen molar-refractivity contribution in [1.29, 1.82) is 0 Å². The van der Waals surface area contributed by atoms with Gasteiger partial charge in [0.25, 0.3) is 0 Å². The van der Waals surface area contributed by atoms with Crippen LogP contribution in [0.4, 0.5) is 4.39 Å². The summed E-state index contributed by atoms with van der Waals surface area (Å²) in [7, 11) is 0. The number of benzene rings is 1. The minimum Gasteiger partial charge on any atom is -0.395 e. The van der Waals surface area contributed by atoms with Gasteiger partial charge in [-0.2, -0.15) is 0 Å². The number of aryl methyl sites for hydroxylation is 1. The SMILES string of the molecule is O=C(/C=C1/CCCc2ccc(F)cc21)NCCO. The fourth-order valence-electron chi connectivity index (χ4n) is 2.21. The van der Waals surface area contributed by atoms with Gasteiger partial charge in [-0.15, -0.1) is 0 Å². The second-order valence-corrected chi connectivity index (χ2v) is 4.34. The molecule has 1 aliphatic rings. The first-order valence-corrected chi connectivity index (χ1v) is 6.09. The third-order valence-electron chi connectivity index (χ3n) is 3.03. The number of amides is 1. The van der Waals surface area contributed by atoms with Gasteiger partial charge >= 0.3 is 0 Å². The van der Waals surface area contributed by atoms with Gasteiger partial charge in [0.1, 0.15) is 5.82 Å². The van der Waals surface area contributed by atoms with Crippen LogP contribution in [0.1, 0.15) is 24.0 Å². The van der Waals surface area contributed by atoms with Crippen LogP contribution in [-0.4, -0.2) is 24.2 Å². The Kier molecular flexibility index (Phi) is 4.10. The molecular weight excluding hydrogens is 233 g/mol. The van der Waals surface area contributed by atoms with Crippen LogP contribution in [-0.2, 0) is 11.2 Å². The van der Waals surface area contributed by atoms with Crippen molar-refractivity contribution < 1.29 is 14.3 Å². The first-order chi connectivity index (χ1) is 8.70. The first kappa shape index (κ1) is 12.8. The Balaban J connectivity index is 2.23. The topological polar surface area (TPSA) is 49.3 Å². The Hall–Kier alpha value is -1.68. The van der Waals surface area contributed by atoms with Gasteiger partial charge in [0.15, 0.2) is 0 Å². The predicted octanol–water partition coefficient (Wildman–Crippen LogP) is 1.65. The van der Waals surface area contributed by atoms with Gasteiger partial charge < -0.3 is 10.4 Å². The maximum atomic E-state index is 13.2. The minimum absolute atomic E-state index is 0.0832. The molecule has 1 amide bonds. The van der Waals surface area contributed by atoms with Crippen molar-refractivity contribution in [3.63, 3.8) is 0 Å². The van der Waals surface area contributed by atoms with Crippen LogP contribution in [0, 0.1) is 5.82 Å². The second-order valence-electron chi connectivity index (χ2n) is 4.34. The number of hydrogen-bond acceptors (Lipinski definition) is 2. The number of hydrogen-bond donors (Lipinski definition) is 2. The van der Waals surface area contributed by atoms with Crippen molar-refractivity contribution in [2.24, 2.45) is 0 Å². The smallest absolute Gasteiger partial charge is 0.244 e. The molecule has 0 bridgehead atoms. The van der Waals surface area contributed by atoms with E-state index in [0.717, 1.165) is 36.0 Å². The van der Waals surface area contributed by atoms with Crippen LogP contribution < -0.4 is 5.32 Å². The molecule has 1 aliphatic carbocycles. The number of carbonyl (C=O) groups excluding carboxylic acids is 1. The summed E-state index contributed by atoms with van der Waals surface area (Å²) in [4.78, 5) is 11.6. The number of allylic oxidation sites excluding steroid dienone is 1. The molecule has 0 spiro atoms. The average molecular weight is 249 g/mol. The van der Waals surface area contributed by atoms with Crippen LogP contribution in [0.25, 0.3) is 5.57 Å². The van der Waals surface area contributed by atoms with Gasteiger partial charge in [0.2, 0.25) is 5.91 Å². The van der Waals surface area contributed by atoms with E-state index in [0.29, 0.717) is 0 Å². The van der Waals surface area contributed by atoms with Gasteiger partial charge in [0, 0.05) is 12.6 Å². The van der Waals surface area contributed by atoms with E-state index in [4.69, 9.17) is 5.11 Å². The van der Waals surface area contributed by atoms with Crippen LogP contribution >= 0.6 is 0 Å². The molecule has 1 aromatic carbocycles. The molecule has 0 heterocycles. The molecule has 3 nitrogen and oxygen atoms in total. The van der Waals surface area contributed by atoms with E-state index in [2.05, 4.69) is 5.32 Å². The molecule has 0 saturated heterocycles. The Morgan fingerprint density at radius 3 is 3.06 bits per heavy atom. The maximum absolute atomic E-state index is 13.2. The van der Waals surface area contributed by atoms with E-state index in [1.165, 1.54) is 18.2 Å². The fourth-order valence-corrected chi connectivity index (χ4v) is 2.21. The van der Waals surface area contributed by atoms with Crippen LogP contribution in [0.5, 0.6) is 0 Å². The Bertz CT molecular complexity index is 483. The van der Waals surface area contributed by atoms with E-state index in [1.54, 1.807) is 6.07 Å². The van der Waals surface area contributed by atoms with Crippen LogP contribution in [0.2, 0.25) is 0 Å². The molecule has 96 valence electrons. The lowest BCUT2D eigenvalue weighted by molar-refractivity contribution is -0.116. The van der Waals surface area contributed by atoms with Gasteiger partial charge in [-0.05, 0) is 48.1 Å². The van der Waals surface area contributed by atoms with Gasteiger partial charge in [-0.25, -0.2) is 4.39 Å². The number of halogens is 1. The summed E-state index contributed by atoms with van der Waals surface area (Å²) < 4.78 is 13.2. The maximum Gasteiger partial charge on any atom is 0.244 e. The average Bonchev–Trinajstić information content (AvgIpc) is 2.37. The molecule has 2 N–H and O–H groups in total. The first-order valence-electron chi connectivity index (χ1n) is 6.09. The van der Waals surface area contributed by atoms with Crippen molar-refractivity contribution in [2.45, 2.75) is 19.3 Å². The molecule has 0 unspecified atom stereocenters. The molecule has 18 heavy (non-hydrogen) atoms. The lowest BCUT2D eigenvalue weighted by Crippen LogP contribution is -2.24. The number of carbonyl (C=O) groups is 1. The largest absolute Gasteiger partial charge is 0.395 e. The molecule has 0 aromatic heterocycles. The lowest BCUT2D eigenvalue weighted by Gasteiger charge is -2.18. The van der Waals surface area contributed by atoms with Crippen LogP contribution in [0.3, 0.4) is 0 Å². The Morgan fingerprint density at radius 2 is 2.28 bits per heavy atom. The van der Waals surface area contributed by atoms with E-state index in [-0.39, 0.29) is 24.9 Å². The monoisotopic (exact) mass is 249 g/mol. The van der Waals surface area contributed by atoms with Crippen molar-refractivity contribution >= 4 is 11.5 Å². The fraction of sp³-hybridized carbons (Fsp3) is 0.357. The number of nitrogens with one attached hydrogen (secondary N) is 1. The second kappa shape index (κ2) is 5.78. The molecular formula is C14H16FNO2. The molecule has 1 aromatic rings. The van der Waals surface area contributed by atoms with E-state index in [9.17, 15) is 9.18 Å². The summed E-state index contributed by atoms with van der Waals surface area (Å²) in [5.74, 6) is -0.520. The summed E-state index contributed by atoms with van der Waals surface area (Å²) in [5, 5.41) is 11.2. The number of fused-ring (bicyclic) bond motifs is 1. The Labute approximate surface area is 105 Å². The lowest BCUT2D eigenvalue weighted by atomic mass is 9.87. The number of rotatable bonds is 3. The number of aliphatic hydroxyl groups is 1. The highest BCUT2D eigenvalue weighted by atomic mass is 19.1. The van der Waals surface area contributed by atoms with Crippen molar-refractivity contribution in [3.05, 3.63) is 41.2 Å². The molecule has 0 saturated carbocycles. The number of aliphatic hydroxyl groups excluding tert-OH is 1. The molecule has 2 rings (SSSR count). The summed E-state index contributed by atoms with van der Waals surface area (Å²) in [6.07, 6.45) is 4.18. The molecule has 0 atom stereocenters. The molecule has 0 aliphatic heterocycles. The highest BCUT2D eigenvalue weighted by Crippen LogP contribution is 2.30. The quantitative estimate of drug-likeness (QED) is 0.800. The normalized spacial score (nSPS) is 16.4. The highest BCUT2D eigenvalue weighted by Gasteiger charge is 2.15. The summed E-state index contributed by atoms with van der Waals surface area (Å²) in [5.41, 5.74) is 2.79. The standard InChI is InChI=1S/C14H16FNO2/c15-12-5-4-10-2-1-3-11(13(10)9-12)8-14(18)16-6-7-17/h4-5,8-9,17H,1-3,6-7H2,(H,16,18)/b11-8-. The molecule has 0 radical (unpaired) electrons. The van der Waals surface area contributed by atoms with Gasteiger partial charge in [-0.3, -0.25) is 4.79 Å². The van der Waals surface area contributed by atoms with Crippen molar-refractivity contribution in [2.75, 3.05) is 13.2 Å². The van der Waals surface area contributed by atoms with Crippen molar-refractivity contribution in [3.8, 4) is 0 Å². The molecule has 0 fully saturated rings. The highest BCUT2D eigenvalue weighted by molar-refractivity contribution is 5.95. The van der Waals surface area contributed by atoms with Crippen LogP contribution in [0.15, 0.2) is 24.3 Å². The van der Waals surface area contributed by atoms with E-state index in [1.807, 2.05) is 0 Å². The van der Waals surface area contributed by atoms with E-state index >= 15 is 0 Å². The zero-order valence-electron chi connectivity index (χ0n) is 10.1. The van der Waals surface area contributed by atoms with Gasteiger partial charge in [-0.1, -0.05) is 6.07 Å². The zero-order chi connectivity index (χ0) is 13.0. The third-order valence-corrected chi connectivity index (χ3v) is 3.03. The predicted molar refractivity (Wildman–Crippen MR) is 67.4 cm³/mol. The molecule has 4 heteroatoms. The summed E-state index contributed by atoms with van der Waals surface area (Å²) in [6, 6.07) is 4.72. The summed E-state index contributed by atoms with van der Waals surface area (Å²) in [6.45, 7) is 0.152.